The molecule has 3 rings (SSSR count). The van der Waals surface area contributed by atoms with Gasteiger partial charge in [-0.1, -0.05) is 0 Å². The molecule has 0 unspecified atom stereocenters. The number of hydrogen-bond acceptors (Lipinski definition) is 2. The number of halogens is 2. The van der Waals surface area contributed by atoms with Crippen molar-refractivity contribution in [2.24, 2.45) is 5.92 Å². The van der Waals surface area contributed by atoms with Gasteiger partial charge >= 0.3 is 6.55 Å². The Morgan fingerprint density at radius 1 is 1.26 bits per heavy atom. The van der Waals surface area contributed by atoms with Crippen LogP contribution in [0.4, 0.5) is 8.78 Å². The maximum Gasteiger partial charge on any atom is 0.333 e. The molecule has 0 amide bonds. The molecule has 1 atom stereocenters. The average molecular weight is 323 g/mol. The van der Waals surface area contributed by atoms with E-state index in [0.717, 1.165) is 25.7 Å². The van der Waals surface area contributed by atoms with Crippen LogP contribution in [-0.2, 0) is 0 Å². The van der Waals surface area contributed by atoms with Gasteiger partial charge in [-0.05, 0) is 57.6 Å². The zero-order valence-electron chi connectivity index (χ0n) is 13.5. The minimum absolute atomic E-state index is 0.0968. The summed E-state index contributed by atoms with van der Waals surface area (Å²) in [5.41, 5.74) is 1.29. The highest BCUT2D eigenvalue weighted by atomic mass is 19.3. The lowest BCUT2D eigenvalue weighted by molar-refractivity contribution is 0.0557. The predicted molar refractivity (Wildman–Crippen MR) is 83.7 cm³/mol. The van der Waals surface area contributed by atoms with Crippen LogP contribution in [0, 0.1) is 12.8 Å². The molecule has 1 aliphatic rings. The highest BCUT2D eigenvalue weighted by molar-refractivity contribution is 5.12. The molecule has 0 aliphatic heterocycles. The lowest BCUT2D eigenvalue weighted by atomic mass is 9.83. The fraction of sp³-hybridized carbons (Fsp3) is 0.588. The number of ether oxygens (including phenoxy) is 1. The van der Waals surface area contributed by atoms with Crippen molar-refractivity contribution >= 4 is 0 Å². The first-order chi connectivity index (χ1) is 11.0. The molecular formula is C17H23F2N3O. The van der Waals surface area contributed by atoms with Crippen molar-refractivity contribution in [3.63, 3.8) is 0 Å². The molecule has 0 saturated heterocycles. The van der Waals surface area contributed by atoms with Gasteiger partial charge in [0.25, 0.3) is 0 Å². The number of aryl methyl sites for hydroxylation is 1. The fourth-order valence-corrected chi connectivity index (χ4v) is 3.53. The second-order valence-corrected chi connectivity index (χ2v) is 6.39. The molecule has 0 N–H and O–H groups in total. The minimum Gasteiger partial charge on any atom is -0.487 e. The monoisotopic (exact) mass is 323 g/mol. The maximum atomic E-state index is 12.5. The summed E-state index contributed by atoms with van der Waals surface area (Å²) in [6.07, 6.45) is 8.96. The van der Waals surface area contributed by atoms with Crippen molar-refractivity contribution in [1.82, 2.24) is 14.3 Å². The highest BCUT2D eigenvalue weighted by Gasteiger charge is 2.27. The van der Waals surface area contributed by atoms with Crippen LogP contribution in [0.3, 0.4) is 0 Å². The molecule has 6 heteroatoms. The van der Waals surface area contributed by atoms with Crippen LogP contribution in [0.15, 0.2) is 30.7 Å². The van der Waals surface area contributed by atoms with E-state index in [1.165, 1.54) is 18.1 Å². The summed E-state index contributed by atoms with van der Waals surface area (Å²) in [6, 6.07) is 4.69. The molecular weight excluding hydrogens is 300 g/mol. The summed E-state index contributed by atoms with van der Waals surface area (Å²) in [4.78, 5) is 0. The molecule has 2 aromatic rings. The predicted octanol–water partition coefficient (Wildman–Crippen LogP) is 4.59. The Hall–Kier alpha value is -1.85. The van der Waals surface area contributed by atoms with Crippen molar-refractivity contribution < 1.29 is 13.5 Å². The molecule has 1 saturated carbocycles. The SMILES string of the molecule is Cc1cccn1[C@H](C)C1CCC(Oc2cnn(C(F)F)c2)CC1. The summed E-state index contributed by atoms with van der Waals surface area (Å²) in [5, 5.41) is 3.61. The van der Waals surface area contributed by atoms with Gasteiger partial charge in [0.2, 0.25) is 0 Å². The quantitative estimate of drug-likeness (QED) is 0.806. The Morgan fingerprint density at radius 3 is 2.57 bits per heavy atom. The molecule has 1 fully saturated rings. The van der Waals surface area contributed by atoms with E-state index in [-0.39, 0.29) is 6.10 Å². The van der Waals surface area contributed by atoms with E-state index in [1.54, 1.807) is 0 Å². The van der Waals surface area contributed by atoms with Gasteiger partial charge in [0.05, 0.1) is 18.5 Å². The molecule has 4 nitrogen and oxygen atoms in total. The van der Waals surface area contributed by atoms with Crippen LogP contribution in [0.1, 0.15) is 50.9 Å². The van der Waals surface area contributed by atoms with Gasteiger partial charge in [-0.2, -0.15) is 13.9 Å². The van der Waals surface area contributed by atoms with Gasteiger partial charge < -0.3 is 9.30 Å². The van der Waals surface area contributed by atoms with E-state index in [9.17, 15) is 8.78 Å². The van der Waals surface area contributed by atoms with Crippen LogP contribution < -0.4 is 4.74 Å². The molecule has 23 heavy (non-hydrogen) atoms. The zero-order chi connectivity index (χ0) is 16.4. The number of aromatic nitrogens is 3. The summed E-state index contributed by atoms with van der Waals surface area (Å²) in [6.45, 7) is 1.78. The van der Waals surface area contributed by atoms with E-state index in [1.807, 2.05) is 0 Å². The van der Waals surface area contributed by atoms with Gasteiger partial charge in [0, 0.05) is 17.9 Å². The molecule has 0 spiro atoms. The van der Waals surface area contributed by atoms with Crippen molar-refractivity contribution in [2.75, 3.05) is 0 Å². The summed E-state index contributed by atoms with van der Waals surface area (Å²) in [7, 11) is 0. The van der Waals surface area contributed by atoms with Crippen LogP contribution in [0.2, 0.25) is 0 Å². The maximum absolute atomic E-state index is 12.5. The Balaban J connectivity index is 1.53. The van der Waals surface area contributed by atoms with Crippen molar-refractivity contribution in [1.29, 1.82) is 0 Å². The van der Waals surface area contributed by atoms with Crippen LogP contribution in [0.25, 0.3) is 0 Å². The van der Waals surface area contributed by atoms with E-state index in [0.29, 0.717) is 22.4 Å². The van der Waals surface area contributed by atoms with Crippen molar-refractivity contribution in [2.45, 2.75) is 58.2 Å². The third-order valence-corrected chi connectivity index (χ3v) is 4.91. The van der Waals surface area contributed by atoms with E-state index < -0.39 is 6.55 Å². The lowest BCUT2D eigenvalue weighted by Crippen LogP contribution is -2.28. The van der Waals surface area contributed by atoms with Crippen molar-refractivity contribution in [3.05, 3.63) is 36.4 Å². The fourth-order valence-electron chi connectivity index (χ4n) is 3.53. The summed E-state index contributed by atoms with van der Waals surface area (Å²) >= 11 is 0. The highest BCUT2D eigenvalue weighted by Crippen LogP contribution is 2.35. The van der Waals surface area contributed by atoms with Gasteiger partial charge in [-0.15, -0.1) is 0 Å². The number of hydrogen-bond donors (Lipinski definition) is 0. The molecule has 2 aromatic heterocycles. The van der Waals surface area contributed by atoms with Gasteiger partial charge in [0.1, 0.15) is 0 Å². The van der Waals surface area contributed by atoms with Gasteiger partial charge in [-0.3, -0.25) is 0 Å². The second kappa shape index (κ2) is 6.72. The van der Waals surface area contributed by atoms with Crippen LogP contribution in [-0.4, -0.2) is 20.5 Å². The smallest absolute Gasteiger partial charge is 0.333 e. The number of rotatable bonds is 5. The third-order valence-electron chi connectivity index (χ3n) is 4.91. The molecule has 0 radical (unpaired) electrons. The first kappa shape index (κ1) is 16.0. The van der Waals surface area contributed by atoms with Crippen LogP contribution >= 0.6 is 0 Å². The largest absolute Gasteiger partial charge is 0.487 e. The number of alkyl halides is 2. The molecule has 2 heterocycles. The number of nitrogens with zero attached hydrogens (tertiary/aromatic N) is 3. The van der Waals surface area contributed by atoms with Crippen molar-refractivity contribution in [3.8, 4) is 5.75 Å². The molecule has 0 bridgehead atoms. The summed E-state index contributed by atoms with van der Waals surface area (Å²) < 4.78 is 33.8. The second-order valence-electron chi connectivity index (χ2n) is 6.39. The molecule has 126 valence electrons. The topological polar surface area (TPSA) is 32.0 Å². The first-order valence-electron chi connectivity index (χ1n) is 8.17. The Morgan fingerprint density at radius 2 is 2.00 bits per heavy atom. The van der Waals surface area contributed by atoms with Gasteiger partial charge in [0.15, 0.2) is 5.75 Å². The lowest BCUT2D eigenvalue weighted by Gasteiger charge is -2.33. The minimum atomic E-state index is -2.62. The summed E-state index contributed by atoms with van der Waals surface area (Å²) in [5.74, 6) is 1.06. The zero-order valence-corrected chi connectivity index (χ0v) is 13.5. The van der Waals surface area contributed by atoms with E-state index in [2.05, 4.69) is 41.8 Å². The Kier molecular flexibility index (Phi) is 4.68. The third kappa shape index (κ3) is 3.57. The van der Waals surface area contributed by atoms with E-state index in [4.69, 9.17) is 4.74 Å². The normalized spacial score (nSPS) is 23.2. The Bertz CT molecular complexity index is 629. The molecule has 0 aromatic carbocycles. The van der Waals surface area contributed by atoms with E-state index >= 15 is 0 Å². The standard InChI is InChI=1S/C17H23F2N3O/c1-12-4-3-9-21(12)13(2)14-5-7-15(8-6-14)23-16-10-20-22(11-16)17(18)19/h3-4,9-11,13-15,17H,5-8H2,1-2H3/t13-,14?,15?/m1/s1. The van der Waals surface area contributed by atoms with Crippen LogP contribution in [0.5, 0.6) is 5.75 Å². The Labute approximate surface area is 135 Å². The molecule has 1 aliphatic carbocycles. The van der Waals surface area contributed by atoms with Gasteiger partial charge in [-0.25, -0.2) is 4.68 Å². The first-order valence-corrected chi connectivity index (χ1v) is 8.17. The average Bonchev–Trinajstić information content (AvgIpc) is 3.16.